The molecule has 0 unspecified atom stereocenters. The molecular weight excluding hydrogens is 230 g/mol. The van der Waals surface area contributed by atoms with Crippen LogP contribution in [0, 0.1) is 0 Å². The van der Waals surface area contributed by atoms with Crippen molar-refractivity contribution in [2.24, 2.45) is 4.99 Å². The van der Waals surface area contributed by atoms with Crippen LogP contribution in [-0.2, 0) is 6.42 Å². The summed E-state index contributed by atoms with van der Waals surface area (Å²) in [5.41, 5.74) is 6.99. The van der Waals surface area contributed by atoms with Crippen LogP contribution in [-0.4, -0.2) is 5.71 Å². The lowest BCUT2D eigenvalue weighted by atomic mass is 9.94. The minimum Gasteiger partial charge on any atom is -0.253 e. The molecule has 0 atom stereocenters. The smallest absolute Gasteiger partial charge is 0.0613 e. The molecule has 19 heavy (non-hydrogen) atoms. The second-order valence-corrected chi connectivity index (χ2v) is 5.01. The summed E-state index contributed by atoms with van der Waals surface area (Å²) in [6.07, 6.45) is 8.72. The van der Waals surface area contributed by atoms with Gasteiger partial charge < -0.3 is 0 Å². The molecule has 0 spiro atoms. The number of aryl methyl sites for hydroxylation is 1. The fraction of sp³-hybridized carbons (Fsp3) is 0.278. The van der Waals surface area contributed by atoms with Gasteiger partial charge >= 0.3 is 0 Å². The van der Waals surface area contributed by atoms with Crippen molar-refractivity contribution in [2.45, 2.75) is 33.6 Å². The number of hydrogen-bond donors (Lipinski definition) is 0. The molecule has 0 aliphatic heterocycles. The van der Waals surface area contributed by atoms with Crippen molar-refractivity contribution in [3.05, 3.63) is 64.9 Å². The summed E-state index contributed by atoms with van der Waals surface area (Å²) < 4.78 is 0. The normalized spacial score (nSPS) is 15.3. The summed E-state index contributed by atoms with van der Waals surface area (Å²) in [4.78, 5) is 4.67. The zero-order valence-corrected chi connectivity index (χ0v) is 12.0. The van der Waals surface area contributed by atoms with Crippen LogP contribution < -0.4 is 0 Å². The first kappa shape index (κ1) is 13.5. The fourth-order valence-corrected chi connectivity index (χ4v) is 2.31. The molecule has 0 saturated heterocycles. The number of benzene rings is 1. The molecular formula is C18H21N. The van der Waals surface area contributed by atoms with Gasteiger partial charge in [0.05, 0.1) is 5.70 Å². The zero-order valence-electron chi connectivity index (χ0n) is 12.0. The molecule has 0 radical (unpaired) electrons. The van der Waals surface area contributed by atoms with Gasteiger partial charge in [-0.25, -0.2) is 0 Å². The minimum absolute atomic E-state index is 0.968. The molecule has 0 aromatic heterocycles. The number of hydrogen-bond acceptors (Lipinski definition) is 1. The highest BCUT2D eigenvalue weighted by Crippen LogP contribution is 2.21. The lowest BCUT2D eigenvalue weighted by Gasteiger charge is -2.12. The summed E-state index contributed by atoms with van der Waals surface area (Å²) in [7, 11) is 0. The Kier molecular flexibility index (Phi) is 4.16. The van der Waals surface area contributed by atoms with E-state index < -0.39 is 0 Å². The maximum atomic E-state index is 4.67. The third kappa shape index (κ3) is 3.11. The molecule has 1 nitrogen and oxygen atoms in total. The van der Waals surface area contributed by atoms with Crippen LogP contribution in [0.1, 0.15) is 43.9 Å². The van der Waals surface area contributed by atoms with Crippen molar-refractivity contribution in [1.29, 1.82) is 0 Å². The lowest BCUT2D eigenvalue weighted by Crippen LogP contribution is -2.01. The quantitative estimate of drug-likeness (QED) is 0.533. The van der Waals surface area contributed by atoms with Crippen molar-refractivity contribution in [3.63, 3.8) is 0 Å². The van der Waals surface area contributed by atoms with E-state index in [1.807, 2.05) is 19.9 Å². The summed E-state index contributed by atoms with van der Waals surface area (Å²) in [5.74, 6) is 0. The van der Waals surface area contributed by atoms with E-state index in [1.54, 1.807) is 0 Å². The largest absolute Gasteiger partial charge is 0.253 e. The minimum atomic E-state index is 0.968. The molecule has 0 N–H and O–H groups in total. The predicted octanol–water partition coefficient (Wildman–Crippen LogP) is 4.93. The van der Waals surface area contributed by atoms with Gasteiger partial charge in [-0.3, -0.25) is 4.99 Å². The first-order chi connectivity index (χ1) is 9.11. The van der Waals surface area contributed by atoms with Crippen molar-refractivity contribution in [2.75, 3.05) is 0 Å². The van der Waals surface area contributed by atoms with Crippen molar-refractivity contribution >= 4 is 11.8 Å². The highest BCUT2D eigenvalue weighted by molar-refractivity contribution is 6.00. The summed E-state index contributed by atoms with van der Waals surface area (Å²) in [5, 5.41) is 0. The standard InChI is InChI=1S/C18H21N/c1-5-18(13(2)3)19-14(4)16-11-10-15-8-6-7-9-17(15)12-16/h5-6,8,10-12H,2,7,9H2,1,3-4H3/b18-5-,19-14+. The zero-order chi connectivity index (χ0) is 13.8. The molecule has 0 bridgehead atoms. The van der Waals surface area contributed by atoms with E-state index in [1.165, 1.54) is 16.7 Å². The summed E-state index contributed by atoms with van der Waals surface area (Å²) >= 11 is 0. The monoisotopic (exact) mass is 251 g/mol. The maximum absolute atomic E-state index is 4.67. The topological polar surface area (TPSA) is 12.4 Å². The fourth-order valence-electron chi connectivity index (χ4n) is 2.31. The summed E-state index contributed by atoms with van der Waals surface area (Å²) in [6, 6.07) is 6.61. The summed E-state index contributed by atoms with van der Waals surface area (Å²) in [6.45, 7) is 10.0. The van der Waals surface area contributed by atoms with Crippen LogP contribution >= 0.6 is 0 Å². The molecule has 0 fully saturated rings. The third-order valence-electron chi connectivity index (χ3n) is 3.44. The van der Waals surface area contributed by atoms with Crippen LogP contribution in [0.25, 0.3) is 6.08 Å². The molecule has 1 aromatic carbocycles. The molecule has 0 amide bonds. The molecule has 0 heterocycles. The number of allylic oxidation sites excluding steroid dienone is 3. The van der Waals surface area contributed by atoms with Crippen LogP contribution in [0.15, 0.2) is 53.2 Å². The molecule has 1 aromatic rings. The average molecular weight is 251 g/mol. The van der Waals surface area contributed by atoms with Gasteiger partial charge in [0, 0.05) is 5.71 Å². The highest BCUT2D eigenvalue weighted by atomic mass is 14.8. The van der Waals surface area contributed by atoms with Crippen molar-refractivity contribution < 1.29 is 0 Å². The second kappa shape index (κ2) is 5.83. The van der Waals surface area contributed by atoms with E-state index in [0.29, 0.717) is 0 Å². The Hall–Kier alpha value is -1.89. The van der Waals surface area contributed by atoms with Gasteiger partial charge in [0.1, 0.15) is 0 Å². The van der Waals surface area contributed by atoms with E-state index >= 15 is 0 Å². The van der Waals surface area contributed by atoms with Crippen LogP contribution in [0.4, 0.5) is 0 Å². The lowest BCUT2D eigenvalue weighted by molar-refractivity contribution is 0.985. The Morgan fingerprint density at radius 3 is 2.79 bits per heavy atom. The van der Waals surface area contributed by atoms with E-state index in [-0.39, 0.29) is 0 Å². The SMILES string of the molecule is C=C(C)C(=C/C)/N=C(\C)c1ccc2c(c1)CCC=C2. The molecule has 0 saturated carbocycles. The van der Waals surface area contributed by atoms with Gasteiger partial charge in [-0.05, 0) is 61.9 Å². The van der Waals surface area contributed by atoms with Gasteiger partial charge in [-0.2, -0.15) is 0 Å². The average Bonchev–Trinajstić information content (AvgIpc) is 2.43. The Morgan fingerprint density at radius 2 is 2.11 bits per heavy atom. The molecule has 1 aliphatic carbocycles. The van der Waals surface area contributed by atoms with Gasteiger partial charge in [0.2, 0.25) is 0 Å². The molecule has 1 aliphatic rings. The predicted molar refractivity (Wildman–Crippen MR) is 84.6 cm³/mol. The number of rotatable bonds is 3. The van der Waals surface area contributed by atoms with Gasteiger partial charge in [0.25, 0.3) is 0 Å². The van der Waals surface area contributed by atoms with Crippen molar-refractivity contribution in [3.8, 4) is 0 Å². The molecule has 2 rings (SSSR count). The van der Waals surface area contributed by atoms with Crippen LogP contribution in [0.5, 0.6) is 0 Å². The van der Waals surface area contributed by atoms with E-state index in [9.17, 15) is 0 Å². The first-order valence-electron chi connectivity index (χ1n) is 6.79. The highest BCUT2D eigenvalue weighted by Gasteiger charge is 2.07. The Balaban J connectivity index is 2.34. The van der Waals surface area contributed by atoms with Gasteiger partial charge in [0.15, 0.2) is 0 Å². The van der Waals surface area contributed by atoms with Gasteiger partial charge in [-0.15, -0.1) is 0 Å². The van der Waals surface area contributed by atoms with Crippen LogP contribution in [0.3, 0.4) is 0 Å². The van der Waals surface area contributed by atoms with E-state index in [4.69, 9.17) is 0 Å². The Morgan fingerprint density at radius 1 is 1.32 bits per heavy atom. The number of fused-ring (bicyclic) bond motifs is 1. The second-order valence-electron chi connectivity index (χ2n) is 5.01. The van der Waals surface area contributed by atoms with E-state index in [2.05, 4.69) is 48.8 Å². The Bertz CT molecular complexity index is 586. The number of nitrogens with zero attached hydrogens (tertiary/aromatic N) is 1. The van der Waals surface area contributed by atoms with Crippen LogP contribution in [0.2, 0.25) is 0 Å². The maximum Gasteiger partial charge on any atom is 0.0613 e. The molecule has 98 valence electrons. The van der Waals surface area contributed by atoms with E-state index in [0.717, 1.165) is 29.8 Å². The number of aliphatic imine (C=N–C) groups is 1. The van der Waals surface area contributed by atoms with Crippen molar-refractivity contribution in [1.82, 2.24) is 0 Å². The molecule has 1 heteroatoms. The first-order valence-corrected chi connectivity index (χ1v) is 6.79. The third-order valence-corrected chi connectivity index (χ3v) is 3.44. The van der Waals surface area contributed by atoms with Gasteiger partial charge in [-0.1, -0.05) is 36.9 Å². The Labute approximate surface area is 116 Å².